The minimum Gasteiger partial charge on any atom is -0.290 e. The van der Waals surface area contributed by atoms with Gasteiger partial charge in [-0.1, -0.05) is 23.8 Å². The Morgan fingerprint density at radius 3 is 3.42 bits per heavy atom. The zero-order chi connectivity index (χ0) is 8.39. The lowest BCUT2D eigenvalue weighted by Gasteiger charge is -2.24. The molecule has 1 unspecified atom stereocenters. The van der Waals surface area contributed by atoms with Gasteiger partial charge in [-0.25, -0.2) is 5.01 Å². The zero-order valence-electron chi connectivity index (χ0n) is 7.29. The van der Waals surface area contributed by atoms with Crippen LogP contribution in [-0.4, -0.2) is 24.7 Å². The summed E-state index contributed by atoms with van der Waals surface area (Å²) in [5.41, 5.74) is 4.42. The molecule has 1 atom stereocenters. The van der Waals surface area contributed by atoms with Crippen molar-refractivity contribution in [1.82, 2.24) is 10.6 Å². The molecule has 0 aromatic heterocycles. The van der Waals surface area contributed by atoms with Gasteiger partial charge in [-0.2, -0.15) is 0 Å². The largest absolute Gasteiger partial charge is 0.290 e. The fourth-order valence-corrected chi connectivity index (χ4v) is 1.87. The lowest BCUT2D eigenvalue weighted by Crippen LogP contribution is -2.41. The Hall–Kier alpha value is -0.640. The molecule has 66 valence electrons. The fraction of sp³-hybridized carbons (Fsp3) is 0.556. The number of hydrogen-bond donors (Lipinski definition) is 1. The predicted octanol–water partition coefficient (Wildman–Crippen LogP) is 1.01. The summed E-state index contributed by atoms with van der Waals surface area (Å²) < 4.78 is 0. The van der Waals surface area contributed by atoms with Crippen LogP contribution in [0.2, 0.25) is 0 Å². The number of rotatable bonds is 2. The summed E-state index contributed by atoms with van der Waals surface area (Å²) in [6.07, 6.45) is 8.81. The molecule has 1 heterocycles. The van der Waals surface area contributed by atoms with E-state index in [-0.39, 0.29) is 0 Å². The van der Waals surface area contributed by atoms with Crippen molar-refractivity contribution in [2.75, 3.05) is 13.7 Å². The number of fused-ring (bicyclic) bond motifs is 1. The van der Waals surface area contributed by atoms with E-state index < -0.39 is 0 Å². The third-order valence-electron chi connectivity index (χ3n) is 2.46. The zero-order valence-corrected chi connectivity index (χ0v) is 7.29. The molecule has 1 N–H and O–H groups in total. The lowest BCUT2D eigenvalue weighted by atomic mass is 10.0. The molecular formula is C9H14N2O. The van der Waals surface area contributed by atoms with E-state index in [4.69, 9.17) is 4.84 Å². The monoisotopic (exact) mass is 166 g/mol. The molecule has 3 heteroatoms. The predicted molar refractivity (Wildman–Crippen MR) is 47.1 cm³/mol. The number of nitrogens with one attached hydrogen (secondary N) is 1. The topological polar surface area (TPSA) is 24.5 Å². The smallest absolute Gasteiger partial charge is 0.0588 e. The van der Waals surface area contributed by atoms with Crippen molar-refractivity contribution in [3.63, 3.8) is 0 Å². The molecule has 3 nitrogen and oxygen atoms in total. The molecule has 2 aliphatic rings. The van der Waals surface area contributed by atoms with Crippen molar-refractivity contribution in [3.8, 4) is 0 Å². The van der Waals surface area contributed by atoms with Gasteiger partial charge >= 0.3 is 0 Å². The summed E-state index contributed by atoms with van der Waals surface area (Å²) in [6, 6.07) is 0.523. The Labute approximate surface area is 72.6 Å². The van der Waals surface area contributed by atoms with Gasteiger partial charge in [0, 0.05) is 6.54 Å². The van der Waals surface area contributed by atoms with Crippen LogP contribution >= 0.6 is 0 Å². The third kappa shape index (κ3) is 1.31. The molecule has 1 aliphatic carbocycles. The van der Waals surface area contributed by atoms with Gasteiger partial charge in [-0.05, 0) is 12.8 Å². The second-order valence-corrected chi connectivity index (χ2v) is 3.16. The van der Waals surface area contributed by atoms with E-state index >= 15 is 0 Å². The lowest BCUT2D eigenvalue weighted by molar-refractivity contribution is -0.0596. The van der Waals surface area contributed by atoms with Crippen LogP contribution < -0.4 is 5.59 Å². The van der Waals surface area contributed by atoms with Crippen LogP contribution in [-0.2, 0) is 4.84 Å². The van der Waals surface area contributed by atoms with Crippen molar-refractivity contribution in [2.45, 2.75) is 18.9 Å². The Morgan fingerprint density at radius 2 is 2.58 bits per heavy atom. The molecule has 1 aliphatic heterocycles. The van der Waals surface area contributed by atoms with E-state index in [1.54, 1.807) is 7.11 Å². The van der Waals surface area contributed by atoms with Crippen LogP contribution in [0.25, 0.3) is 0 Å². The maximum atomic E-state index is 4.90. The Balaban J connectivity index is 2.05. The van der Waals surface area contributed by atoms with E-state index in [0.717, 1.165) is 19.4 Å². The molecule has 0 radical (unpaired) electrons. The quantitative estimate of drug-likeness (QED) is 0.620. The highest BCUT2D eigenvalue weighted by Gasteiger charge is 2.28. The van der Waals surface area contributed by atoms with Gasteiger partial charge in [-0.3, -0.25) is 4.84 Å². The van der Waals surface area contributed by atoms with Crippen molar-refractivity contribution in [3.05, 3.63) is 23.8 Å². The van der Waals surface area contributed by atoms with Gasteiger partial charge in [0.05, 0.1) is 13.2 Å². The first-order chi connectivity index (χ1) is 5.92. The second-order valence-electron chi connectivity index (χ2n) is 3.16. The molecule has 1 saturated heterocycles. The van der Waals surface area contributed by atoms with Crippen molar-refractivity contribution < 1.29 is 4.84 Å². The minimum atomic E-state index is 0.523. The summed E-state index contributed by atoms with van der Waals surface area (Å²) in [5, 5.41) is 2.15. The summed E-state index contributed by atoms with van der Waals surface area (Å²) in [6.45, 7) is 1.05. The van der Waals surface area contributed by atoms with Gasteiger partial charge in [0.2, 0.25) is 0 Å². The van der Waals surface area contributed by atoms with Crippen molar-refractivity contribution in [1.29, 1.82) is 0 Å². The Bertz CT molecular complexity index is 223. The molecular weight excluding hydrogens is 152 g/mol. The van der Waals surface area contributed by atoms with Crippen LogP contribution in [0.3, 0.4) is 0 Å². The third-order valence-corrected chi connectivity index (χ3v) is 2.46. The normalized spacial score (nSPS) is 28.8. The maximum Gasteiger partial charge on any atom is 0.0588 e. The van der Waals surface area contributed by atoms with Gasteiger partial charge in [0.1, 0.15) is 0 Å². The molecule has 12 heavy (non-hydrogen) atoms. The van der Waals surface area contributed by atoms with E-state index in [1.807, 2.05) is 0 Å². The van der Waals surface area contributed by atoms with Crippen LogP contribution in [0.1, 0.15) is 12.8 Å². The Kier molecular flexibility index (Phi) is 2.26. The SMILES string of the molecule is CONN1CCC2=CC=CCC21. The molecule has 0 amide bonds. The van der Waals surface area contributed by atoms with E-state index in [2.05, 4.69) is 28.8 Å². The summed E-state index contributed by atoms with van der Waals surface area (Å²) in [4.78, 5) is 4.90. The van der Waals surface area contributed by atoms with E-state index in [1.165, 1.54) is 5.57 Å². The highest BCUT2D eigenvalue weighted by molar-refractivity contribution is 5.26. The van der Waals surface area contributed by atoms with Crippen LogP contribution in [0.4, 0.5) is 0 Å². The van der Waals surface area contributed by atoms with Crippen LogP contribution in [0.5, 0.6) is 0 Å². The molecule has 0 aromatic carbocycles. The molecule has 1 fully saturated rings. The van der Waals surface area contributed by atoms with Gasteiger partial charge in [0.25, 0.3) is 0 Å². The number of hydrazine groups is 1. The number of nitrogens with zero attached hydrogens (tertiary/aromatic N) is 1. The minimum absolute atomic E-state index is 0.523. The highest BCUT2D eigenvalue weighted by Crippen LogP contribution is 2.27. The van der Waals surface area contributed by atoms with E-state index in [9.17, 15) is 0 Å². The van der Waals surface area contributed by atoms with Gasteiger partial charge < -0.3 is 0 Å². The highest BCUT2D eigenvalue weighted by atomic mass is 16.7. The Morgan fingerprint density at radius 1 is 1.67 bits per heavy atom. The first-order valence-corrected chi connectivity index (χ1v) is 4.32. The molecule has 0 aromatic rings. The van der Waals surface area contributed by atoms with Gasteiger partial charge in [0.15, 0.2) is 0 Å². The average Bonchev–Trinajstić information content (AvgIpc) is 2.50. The second kappa shape index (κ2) is 3.39. The van der Waals surface area contributed by atoms with Crippen LogP contribution in [0.15, 0.2) is 23.8 Å². The first kappa shape index (κ1) is 7.98. The van der Waals surface area contributed by atoms with Gasteiger partial charge in [-0.15, -0.1) is 5.59 Å². The molecule has 0 saturated carbocycles. The maximum absolute atomic E-state index is 4.90. The molecule has 0 spiro atoms. The average molecular weight is 166 g/mol. The molecule has 0 bridgehead atoms. The summed E-state index contributed by atoms with van der Waals surface area (Å²) >= 11 is 0. The number of hydrogen-bond acceptors (Lipinski definition) is 3. The molecule has 2 rings (SSSR count). The van der Waals surface area contributed by atoms with Crippen molar-refractivity contribution in [2.24, 2.45) is 0 Å². The first-order valence-electron chi connectivity index (χ1n) is 4.32. The summed E-state index contributed by atoms with van der Waals surface area (Å²) in [7, 11) is 1.65. The standard InChI is InChI=1S/C9H14N2O/c1-12-10-11-7-6-8-4-2-3-5-9(8)11/h2-4,9-10H,5-7H2,1H3. The summed E-state index contributed by atoms with van der Waals surface area (Å²) in [5.74, 6) is 0. The van der Waals surface area contributed by atoms with Crippen molar-refractivity contribution >= 4 is 0 Å². The fourth-order valence-electron chi connectivity index (χ4n) is 1.87. The van der Waals surface area contributed by atoms with Crippen LogP contribution in [0, 0.1) is 0 Å². The van der Waals surface area contributed by atoms with E-state index in [0.29, 0.717) is 6.04 Å². The number of allylic oxidation sites excluding steroid dienone is 2.